The summed E-state index contributed by atoms with van der Waals surface area (Å²) in [5.41, 5.74) is 8.08. The third-order valence-electron chi connectivity index (χ3n) is 6.19. The number of benzene rings is 2. The molecule has 0 bridgehead atoms. The average molecular weight is 465 g/mol. The van der Waals surface area contributed by atoms with Crippen molar-refractivity contribution in [1.29, 1.82) is 0 Å². The van der Waals surface area contributed by atoms with Gasteiger partial charge in [0.1, 0.15) is 5.82 Å². The van der Waals surface area contributed by atoms with Crippen LogP contribution in [0.4, 0.5) is 10.1 Å². The highest BCUT2D eigenvalue weighted by atomic mass is 19.1. The Morgan fingerprint density at radius 2 is 1.76 bits per heavy atom. The third-order valence-corrected chi connectivity index (χ3v) is 6.19. The zero-order chi connectivity index (χ0) is 23.9. The minimum Gasteiger partial charge on any atom is -0.441 e. The zero-order valence-electron chi connectivity index (χ0n) is 19.0. The van der Waals surface area contributed by atoms with Crippen LogP contribution in [0.3, 0.4) is 0 Å². The van der Waals surface area contributed by atoms with E-state index in [0.29, 0.717) is 18.1 Å². The summed E-state index contributed by atoms with van der Waals surface area (Å²) in [6.45, 7) is 2.74. The SMILES string of the molecule is NC(=O)C1CCN(CCc2ccc(NC(=O)CCc3ncc(-c4ccc(F)cc4)o3)cc2)CC1. The monoisotopic (exact) mass is 464 g/mol. The van der Waals surface area contributed by atoms with Gasteiger partial charge < -0.3 is 20.4 Å². The average Bonchev–Trinajstić information content (AvgIpc) is 3.32. The molecule has 2 heterocycles. The van der Waals surface area contributed by atoms with Crippen LogP contribution in [0.5, 0.6) is 0 Å². The van der Waals surface area contributed by atoms with E-state index in [-0.39, 0.29) is 30.0 Å². The van der Waals surface area contributed by atoms with E-state index < -0.39 is 0 Å². The number of hydrogen-bond donors (Lipinski definition) is 2. The summed E-state index contributed by atoms with van der Waals surface area (Å²) < 4.78 is 18.7. The Morgan fingerprint density at radius 1 is 1.06 bits per heavy atom. The van der Waals surface area contributed by atoms with Crippen LogP contribution in [0.1, 0.15) is 30.7 Å². The van der Waals surface area contributed by atoms with Crippen molar-refractivity contribution in [3.8, 4) is 11.3 Å². The molecule has 0 atom stereocenters. The molecule has 1 fully saturated rings. The molecule has 3 aromatic rings. The molecule has 1 saturated heterocycles. The van der Waals surface area contributed by atoms with E-state index in [2.05, 4.69) is 15.2 Å². The number of anilines is 1. The van der Waals surface area contributed by atoms with E-state index in [1.165, 1.54) is 17.7 Å². The molecular formula is C26H29FN4O3. The normalized spacial score (nSPS) is 14.7. The number of carbonyl (C=O) groups is 2. The van der Waals surface area contributed by atoms with Crippen molar-refractivity contribution in [2.24, 2.45) is 11.7 Å². The van der Waals surface area contributed by atoms with E-state index in [4.69, 9.17) is 10.2 Å². The van der Waals surface area contributed by atoms with Crippen molar-refractivity contribution >= 4 is 17.5 Å². The number of nitrogens with two attached hydrogens (primary N) is 1. The van der Waals surface area contributed by atoms with Crippen molar-refractivity contribution in [1.82, 2.24) is 9.88 Å². The fourth-order valence-electron chi connectivity index (χ4n) is 4.10. The lowest BCUT2D eigenvalue weighted by molar-refractivity contribution is -0.123. The summed E-state index contributed by atoms with van der Waals surface area (Å²) in [4.78, 5) is 30.2. The maximum absolute atomic E-state index is 13.1. The molecule has 4 rings (SSSR count). The van der Waals surface area contributed by atoms with Crippen LogP contribution in [-0.2, 0) is 22.4 Å². The lowest BCUT2D eigenvalue weighted by Crippen LogP contribution is -2.39. The Labute approximate surface area is 198 Å². The van der Waals surface area contributed by atoms with Gasteiger partial charge in [-0.2, -0.15) is 0 Å². The molecule has 34 heavy (non-hydrogen) atoms. The van der Waals surface area contributed by atoms with Crippen molar-refractivity contribution in [2.75, 3.05) is 25.0 Å². The second-order valence-electron chi connectivity index (χ2n) is 8.64. The standard InChI is InChI=1S/C26H29FN4O3/c27-21-5-3-19(4-6-21)23-17-29-25(34-23)10-9-24(32)30-22-7-1-18(2-8-22)11-14-31-15-12-20(13-16-31)26(28)33/h1-8,17,20H,9-16H2,(H2,28,33)(H,30,32). The highest BCUT2D eigenvalue weighted by Gasteiger charge is 2.22. The van der Waals surface area contributed by atoms with Gasteiger partial charge in [-0.05, 0) is 74.3 Å². The van der Waals surface area contributed by atoms with Crippen LogP contribution >= 0.6 is 0 Å². The zero-order valence-corrected chi connectivity index (χ0v) is 19.0. The number of halogens is 1. The van der Waals surface area contributed by atoms with Gasteiger partial charge in [0.05, 0.1) is 6.20 Å². The number of hydrogen-bond acceptors (Lipinski definition) is 5. The summed E-state index contributed by atoms with van der Waals surface area (Å²) in [5, 5.41) is 2.90. The molecule has 0 spiro atoms. The second kappa shape index (κ2) is 11.1. The summed E-state index contributed by atoms with van der Waals surface area (Å²) in [6, 6.07) is 13.8. The molecule has 1 aliphatic rings. The molecule has 2 amide bonds. The number of nitrogens with one attached hydrogen (secondary N) is 1. The van der Waals surface area contributed by atoms with Crippen LogP contribution in [-0.4, -0.2) is 41.3 Å². The molecular weight excluding hydrogens is 435 g/mol. The largest absolute Gasteiger partial charge is 0.441 e. The smallest absolute Gasteiger partial charge is 0.224 e. The molecule has 0 saturated carbocycles. The number of oxazole rings is 1. The fourth-order valence-corrected chi connectivity index (χ4v) is 4.10. The van der Waals surface area contributed by atoms with Crippen LogP contribution in [0.2, 0.25) is 0 Å². The predicted molar refractivity (Wildman–Crippen MR) is 127 cm³/mol. The Hall–Kier alpha value is -3.52. The van der Waals surface area contributed by atoms with Gasteiger partial charge in [-0.15, -0.1) is 0 Å². The minimum absolute atomic E-state index is 0.0135. The van der Waals surface area contributed by atoms with Crippen LogP contribution < -0.4 is 11.1 Å². The number of carbonyl (C=O) groups excluding carboxylic acids is 2. The first-order valence-electron chi connectivity index (χ1n) is 11.6. The van der Waals surface area contributed by atoms with Gasteiger partial charge in [-0.25, -0.2) is 9.37 Å². The van der Waals surface area contributed by atoms with Gasteiger partial charge in [-0.3, -0.25) is 9.59 Å². The number of aryl methyl sites for hydroxylation is 1. The lowest BCUT2D eigenvalue weighted by Gasteiger charge is -2.30. The number of amides is 2. The molecule has 0 radical (unpaired) electrons. The third kappa shape index (κ3) is 6.51. The molecule has 178 valence electrons. The second-order valence-corrected chi connectivity index (χ2v) is 8.64. The highest BCUT2D eigenvalue weighted by molar-refractivity contribution is 5.90. The maximum atomic E-state index is 13.1. The fraction of sp³-hybridized carbons (Fsp3) is 0.346. The summed E-state index contributed by atoms with van der Waals surface area (Å²) in [5.74, 6) is 0.404. The van der Waals surface area contributed by atoms with Crippen molar-refractivity contribution < 1.29 is 18.4 Å². The minimum atomic E-state index is -0.310. The number of nitrogens with zero attached hydrogens (tertiary/aromatic N) is 2. The van der Waals surface area contributed by atoms with E-state index in [0.717, 1.165) is 50.1 Å². The van der Waals surface area contributed by atoms with Gasteiger partial charge >= 0.3 is 0 Å². The topological polar surface area (TPSA) is 101 Å². The van der Waals surface area contributed by atoms with E-state index in [1.807, 2.05) is 24.3 Å². The number of piperidine rings is 1. The summed E-state index contributed by atoms with van der Waals surface area (Å²) in [6.07, 6.45) is 4.78. The van der Waals surface area contributed by atoms with Gasteiger partial charge in [0.25, 0.3) is 0 Å². The highest BCUT2D eigenvalue weighted by Crippen LogP contribution is 2.21. The van der Waals surface area contributed by atoms with Gasteiger partial charge in [0, 0.05) is 36.6 Å². The van der Waals surface area contributed by atoms with Gasteiger partial charge in [0.2, 0.25) is 11.8 Å². The molecule has 0 aliphatic carbocycles. The Morgan fingerprint density at radius 3 is 2.44 bits per heavy atom. The Balaban J connectivity index is 1.19. The molecule has 1 aromatic heterocycles. The van der Waals surface area contributed by atoms with Crippen LogP contribution in [0, 0.1) is 11.7 Å². The van der Waals surface area contributed by atoms with Crippen molar-refractivity contribution in [3.63, 3.8) is 0 Å². The number of rotatable bonds is 9. The van der Waals surface area contributed by atoms with Crippen molar-refractivity contribution in [3.05, 3.63) is 72.0 Å². The van der Waals surface area contributed by atoms with Crippen LogP contribution in [0.15, 0.2) is 59.1 Å². The first-order chi connectivity index (χ1) is 16.5. The summed E-state index contributed by atoms with van der Waals surface area (Å²) in [7, 11) is 0. The number of aromatic nitrogens is 1. The van der Waals surface area contributed by atoms with Gasteiger partial charge in [-0.1, -0.05) is 12.1 Å². The molecule has 7 nitrogen and oxygen atoms in total. The molecule has 1 aliphatic heterocycles. The van der Waals surface area contributed by atoms with Gasteiger partial charge in [0.15, 0.2) is 11.7 Å². The van der Waals surface area contributed by atoms with E-state index >= 15 is 0 Å². The quantitative estimate of drug-likeness (QED) is 0.502. The Kier molecular flexibility index (Phi) is 7.69. The molecule has 8 heteroatoms. The maximum Gasteiger partial charge on any atom is 0.224 e. The summed E-state index contributed by atoms with van der Waals surface area (Å²) >= 11 is 0. The Bertz CT molecular complexity index is 1100. The van der Waals surface area contributed by atoms with E-state index in [1.54, 1.807) is 18.3 Å². The van der Waals surface area contributed by atoms with E-state index in [9.17, 15) is 14.0 Å². The predicted octanol–water partition coefficient (Wildman–Crippen LogP) is 3.79. The molecule has 3 N–H and O–H groups in total. The molecule has 2 aromatic carbocycles. The first kappa shape index (κ1) is 23.6. The number of primary amides is 1. The number of likely N-dealkylation sites (tertiary alicyclic amines) is 1. The molecule has 0 unspecified atom stereocenters. The van der Waals surface area contributed by atoms with Crippen molar-refractivity contribution in [2.45, 2.75) is 32.1 Å². The first-order valence-corrected chi connectivity index (χ1v) is 11.6. The lowest BCUT2D eigenvalue weighted by atomic mass is 9.96. The van der Waals surface area contributed by atoms with Crippen LogP contribution in [0.25, 0.3) is 11.3 Å².